The van der Waals surface area contributed by atoms with Crippen molar-refractivity contribution in [2.75, 3.05) is 30.4 Å². The number of aromatic nitrogens is 1. The van der Waals surface area contributed by atoms with E-state index in [2.05, 4.69) is 15.6 Å². The zero-order valence-electron chi connectivity index (χ0n) is 23.5. The molecule has 5 rings (SSSR count). The number of anilines is 2. The van der Waals surface area contributed by atoms with Crippen molar-refractivity contribution in [1.82, 2.24) is 9.88 Å². The number of benzene rings is 2. The quantitative estimate of drug-likeness (QED) is 0.335. The van der Waals surface area contributed by atoms with Crippen molar-refractivity contribution in [3.05, 3.63) is 76.6 Å². The molecule has 2 unspecified atom stereocenters. The predicted molar refractivity (Wildman–Crippen MR) is 157 cm³/mol. The summed E-state index contributed by atoms with van der Waals surface area (Å²) in [4.78, 5) is 45.2. The van der Waals surface area contributed by atoms with E-state index in [1.54, 1.807) is 31.3 Å². The summed E-state index contributed by atoms with van der Waals surface area (Å²) in [6, 6.07) is 9.78. The highest BCUT2D eigenvalue weighted by molar-refractivity contribution is 6.31. The van der Waals surface area contributed by atoms with Gasteiger partial charge in [0.25, 0.3) is 0 Å². The molecule has 3 aromatic rings. The summed E-state index contributed by atoms with van der Waals surface area (Å²) in [6.07, 6.45) is 2.71. The number of nitrogens with zero attached hydrogens (tertiary/aromatic N) is 2. The van der Waals surface area contributed by atoms with E-state index in [1.165, 1.54) is 29.2 Å². The van der Waals surface area contributed by atoms with Gasteiger partial charge in [-0.15, -0.1) is 0 Å². The molecule has 12 heteroatoms. The molecule has 2 N–H and O–H groups in total. The van der Waals surface area contributed by atoms with Crippen molar-refractivity contribution in [1.29, 1.82) is 0 Å². The maximum absolute atomic E-state index is 15.2. The van der Waals surface area contributed by atoms with Crippen LogP contribution in [0.4, 0.5) is 25.0 Å². The molecular formula is C31H31ClF2N4O5. The van der Waals surface area contributed by atoms with E-state index in [1.807, 2.05) is 0 Å². The highest BCUT2D eigenvalue weighted by atomic mass is 35.5. The Kier molecular flexibility index (Phi) is 9.40. The Labute approximate surface area is 252 Å². The van der Waals surface area contributed by atoms with Gasteiger partial charge in [-0.1, -0.05) is 24.4 Å². The highest BCUT2D eigenvalue weighted by Crippen LogP contribution is 2.35. The van der Waals surface area contributed by atoms with Gasteiger partial charge in [-0.05, 0) is 67.8 Å². The third-order valence-corrected chi connectivity index (χ3v) is 7.84. The molecule has 9 nitrogen and oxygen atoms in total. The number of amides is 2. The summed E-state index contributed by atoms with van der Waals surface area (Å²) in [5.74, 6) is -2.72. The summed E-state index contributed by atoms with van der Waals surface area (Å²) in [7, 11) is 0. The second kappa shape index (κ2) is 13.4. The minimum absolute atomic E-state index is 0.0106. The summed E-state index contributed by atoms with van der Waals surface area (Å²) in [5, 5.41) is 5.60. The molecule has 2 atom stereocenters. The molecule has 226 valence electrons. The molecule has 2 aromatic carbocycles. The highest BCUT2D eigenvalue weighted by Gasteiger charge is 2.31. The van der Waals surface area contributed by atoms with Crippen LogP contribution in [-0.2, 0) is 25.6 Å². The van der Waals surface area contributed by atoms with Crippen molar-refractivity contribution in [3.8, 4) is 11.1 Å². The number of ether oxygens (including phenoxy) is 2. The zero-order chi connectivity index (χ0) is 30.5. The fraction of sp³-hybridized carbons (Fsp3) is 0.355. The molecule has 2 aliphatic heterocycles. The third-order valence-electron chi connectivity index (χ3n) is 7.55. The maximum atomic E-state index is 15.2. The molecule has 0 fully saturated rings. The van der Waals surface area contributed by atoms with Crippen LogP contribution in [0.1, 0.15) is 49.8 Å². The second-order valence-corrected chi connectivity index (χ2v) is 10.8. The van der Waals surface area contributed by atoms with Crippen LogP contribution in [0.25, 0.3) is 11.1 Å². The molecule has 0 spiro atoms. The number of rotatable bonds is 3. The molecule has 1 aromatic heterocycles. The maximum Gasteiger partial charge on any atom is 0.411 e. The SMILES string of the molecule is CCOC(=O)C1CCCCC(C(=O)N2CCOC(=O)Nc3ccc(Cl)c(F)c3C2)c2cc(ccn2)-c2cc(F)ccc2N1. The Balaban J connectivity index is 1.53. The number of pyridine rings is 1. The van der Waals surface area contributed by atoms with Crippen LogP contribution < -0.4 is 10.6 Å². The Hall–Kier alpha value is -4.25. The number of nitrogens with one attached hydrogen (secondary N) is 2. The monoisotopic (exact) mass is 612 g/mol. The van der Waals surface area contributed by atoms with Gasteiger partial charge in [0.1, 0.15) is 24.3 Å². The first-order valence-corrected chi connectivity index (χ1v) is 14.5. The van der Waals surface area contributed by atoms with Gasteiger partial charge >= 0.3 is 12.1 Å². The second-order valence-electron chi connectivity index (χ2n) is 10.4. The summed E-state index contributed by atoms with van der Waals surface area (Å²) < 4.78 is 40.2. The van der Waals surface area contributed by atoms with Crippen LogP contribution in [0, 0.1) is 11.6 Å². The Bertz CT molecular complexity index is 1540. The smallest absolute Gasteiger partial charge is 0.411 e. The molecule has 2 bridgehead atoms. The van der Waals surface area contributed by atoms with Crippen LogP contribution in [0.5, 0.6) is 0 Å². The van der Waals surface area contributed by atoms with E-state index >= 15 is 4.39 Å². The number of hydrogen-bond acceptors (Lipinski definition) is 7. The summed E-state index contributed by atoms with van der Waals surface area (Å²) >= 11 is 6.05. The lowest BCUT2D eigenvalue weighted by Crippen LogP contribution is -2.37. The topological polar surface area (TPSA) is 110 Å². The summed E-state index contributed by atoms with van der Waals surface area (Å²) in [6.45, 7) is 1.68. The number of fused-ring (bicyclic) bond motifs is 5. The van der Waals surface area contributed by atoms with Crippen LogP contribution in [0.3, 0.4) is 0 Å². The fourth-order valence-electron chi connectivity index (χ4n) is 5.40. The van der Waals surface area contributed by atoms with Crippen molar-refractivity contribution >= 4 is 40.9 Å². The number of carbonyl (C=O) groups is 3. The van der Waals surface area contributed by atoms with Crippen molar-refractivity contribution < 1.29 is 32.6 Å². The minimum atomic E-state index is -0.770. The molecule has 43 heavy (non-hydrogen) atoms. The first kappa shape index (κ1) is 30.2. The lowest BCUT2D eigenvalue weighted by molar-refractivity contribution is -0.144. The number of halogens is 3. The molecule has 2 aliphatic rings. The van der Waals surface area contributed by atoms with Gasteiger partial charge in [-0.25, -0.2) is 18.4 Å². The predicted octanol–water partition coefficient (Wildman–Crippen LogP) is 6.27. The van der Waals surface area contributed by atoms with Gasteiger partial charge in [0.15, 0.2) is 0 Å². The van der Waals surface area contributed by atoms with Gasteiger partial charge in [0.05, 0.1) is 42.0 Å². The molecule has 0 aliphatic carbocycles. The molecule has 2 amide bonds. The van der Waals surface area contributed by atoms with E-state index < -0.39 is 35.7 Å². The van der Waals surface area contributed by atoms with Crippen LogP contribution in [0.2, 0.25) is 5.02 Å². The van der Waals surface area contributed by atoms with E-state index in [4.69, 9.17) is 21.1 Å². The Morgan fingerprint density at radius 2 is 1.91 bits per heavy atom. The minimum Gasteiger partial charge on any atom is -0.464 e. The summed E-state index contributed by atoms with van der Waals surface area (Å²) in [5.41, 5.74) is 2.30. The Morgan fingerprint density at radius 3 is 2.72 bits per heavy atom. The Morgan fingerprint density at radius 1 is 1.12 bits per heavy atom. The lowest BCUT2D eigenvalue weighted by atomic mass is 9.91. The van der Waals surface area contributed by atoms with Crippen LogP contribution in [-0.4, -0.2) is 53.7 Å². The fourth-order valence-corrected chi connectivity index (χ4v) is 5.58. The standard InChI is InChI=1S/C31H31ClF2N4O5/c1-2-42-30(40)26-6-4-3-5-20(27-15-18(11-12-35-27)21-16-19(33)7-9-24(21)36-26)29(39)38-13-14-43-31(41)37-25-10-8-23(32)28(34)22(25)17-38/h7-12,15-16,20,26,36H,2-6,13-14,17H2,1H3,(H,37,41). The van der Waals surface area contributed by atoms with E-state index in [0.717, 1.165) is 0 Å². The first-order valence-electron chi connectivity index (χ1n) is 14.1. The van der Waals surface area contributed by atoms with Crippen molar-refractivity contribution in [2.24, 2.45) is 0 Å². The largest absolute Gasteiger partial charge is 0.464 e. The molecule has 0 radical (unpaired) electrons. The van der Waals surface area contributed by atoms with Crippen LogP contribution in [0.15, 0.2) is 48.7 Å². The average molecular weight is 613 g/mol. The van der Waals surface area contributed by atoms with Crippen molar-refractivity contribution in [3.63, 3.8) is 0 Å². The van der Waals surface area contributed by atoms with Gasteiger partial charge in [-0.2, -0.15) is 0 Å². The molecule has 0 saturated heterocycles. The van der Waals surface area contributed by atoms with E-state index in [9.17, 15) is 18.8 Å². The molecule has 0 saturated carbocycles. The van der Waals surface area contributed by atoms with Gasteiger partial charge in [0, 0.05) is 23.0 Å². The molecular weight excluding hydrogens is 582 g/mol. The third kappa shape index (κ3) is 6.88. The van der Waals surface area contributed by atoms with Crippen molar-refractivity contribution in [2.45, 2.75) is 51.1 Å². The van der Waals surface area contributed by atoms with Gasteiger partial charge in [0.2, 0.25) is 5.91 Å². The number of cyclic esters (lactones) is 1. The lowest BCUT2D eigenvalue weighted by Gasteiger charge is -2.28. The molecule has 3 heterocycles. The van der Waals surface area contributed by atoms with Crippen LogP contribution >= 0.6 is 11.6 Å². The normalized spacial score (nSPS) is 18.9. The van der Waals surface area contributed by atoms with E-state index in [0.29, 0.717) is 48.2 Å². The number of hydrogen-bond donors (Lipinski definition) is 2. The van der Waals surface area contributed by atoms with Gasteiger partial charge in [-0.3, -0.25) is 15.1 Å². The average Bonchev–Trinajstić information content (AvgIpc) is 3.07. The number of carbonyl (C=O) groups excluding carboxylic acids is 3. The zero-order valence-corrected chi connectivity index (χ0v) is 24.3. The van der Waals surface area contributed by atoms with Gasteiger partial charge < -0.3 is 19.7 Å². The van der Waals surface area contributed by atoms with E-state index in [-0.39, 0.29) is 48.5 Å². The number of esters is 1. The first-order chi connectivity index (χ1) is 20.7.